The molecule has 0 spiro atoms. The van der Waals surface area contributed by atoms with E-state index in [4.69, 9.17) is 33.8 Å². The largest absolute Gasteiger partial charge is 0.504 e. The third-order valence-corrected chi connectivity index (χ3v) is 7.28. The molecule has 2 aromatic carbocycles. The van der Waals surface area contributed by atoms with Gasteiger partial charge in [-0.3, -0.25) is 14.4 Å². The number of rotatable bonds is 19. The summed E-state index contributed by atoms with van der Waals surface area (Å²) < 4.78 is 30.5. The summed E-state index contributed by atoms with van der Waals surface area (Å²) in [5.74, 6) is -9.91. The van der Waals surface area contributed by atoms with Gasteiger partial charge in [0.1, 0.15) is 13.2 Å². The number of phenols is 4. The molecule has 6 atom stereocenters. The highest BCUT2D eigenvalue weighted by Gasteiger charge is 2.34. The highest BCUT2D eigenvalue weighted by molar-refractivity contribution is 5.90. The molecule has 0 radical (unpaired) electrons. The van der Waals surface area contributed by atoms with Crippen molar-refractivity contribution in [1.82, 2.24) is 0 Å². The number of esters is 5. The van der Waals surface area contributed by atoms with Gasteiger partial charge in [0.15, 0.2) is 47.1 Å². The van der Waals surface area contributed by atoms with Crippen molar-refractivity contribution in [1.29, 1.82) is 5.41 Å². The monoisotopic (exact) mass is 719 g/mol. The molecule has 51 heavy (non-hydrogen) atoms. The number of phenolic OH excluding ortho intramolecular Hbond substituents is 4. The van der Waals surface area contributed by atoms with Gasteiger partial charge in [-0.15, -0.1) is 0 Å². The Labute approximate surface area is 292 Å². The molecule has 0 fully saturated rings. The van der Waals surface area contributed by atoms with Crippen LogP contribution in [0.1, 0.15) is 38.8 Å². The van der Waals surface area contributed by atoms with Crippen molar-refractivity contribution < 1.29 is 77.6 Å². The van der Waals surface area contributed by atoms with Gasteiger partial charge >= 0.3 is 29.8 Å². The Balaban J connectivity index is 2.17. The first-order valence-electron chi connectivity index (χ1n) is 15.5. The number of benzene rings is 2. The summed E-state index contributed by atoms with van der Waals surface area (Å²) in [4.78, 5) is 76.0. The van der Waals surface area contributed by atoms with Gasteiger partial charge < -0.3 is 54.3 Å². The van der Waals surface area contributed by atoms with Crippen molar-refractivity contribution in [3.63, 3.8) is 0 Å². The number of nitrogens with one attached hydrogen (secondary N) is 1. The summed E-state index contributed by atoms with van der Waals surface area (Å²) in [6, 6.07) is 7.72. The number of methoxy groups -OCH3 is 1. The molecule has 2 unspecified atom stereocenters. The van der Waals surface area contributed by atoms with E-state index in [9.17, 15) is 49.2 Å². The van der Waals surface area contributed by atoms with Crippen LogP contribution in [0.3, 0.4) is 0 Å². The summed E-state index contributed by atoms with van der Waals surface area (Å²) in [7, 11) is 1.23. The summed E-state index contributed by atoms with van der Waals surface area (Å²) >= 11 is 0. The molecule has 278 valence electrons. The Morgan fingerprint density at radius 1 is 0.647 bits per heavy atom. The molecule has 0 heterocycles. The molecule has 2 aromatic rings. The molecule has 0 saturated heterocycles. The minimum atomic E-state index is -2.04. The highest BCUT2D eigenvalue weighted by atomic mass is 16.6. The van der Waals surface area contributed by atoms with Crippen LogP contribution in [0.4, 0.5) is 0 Å². The van der Waals surface area contributed by atoms with E-state index in [0.29, 0.717) is 11.1 Å². The second-order valence-electron chi connectivity index (χ2n) is 11.4. The zero-order chi connectivity index (χ0) is 38.4. The Bertz CT molecular complexity index is 1590. The van der Waals surface area contributed by atoms with E-state index in [1.807, 2.05) is 0 Å². The van der Waals surface area contributed by atoms with Crippen molar-refractivity contribution in [3.8, 4) is 23.0 Å². The number of Topliss-reactive ketones (excluding diaryl/α,β-unsaturated/α-hetero) is 1. The second-order valence-corrected chi connectivity index (χ2v) is 11.4. The van der Waals surface area contributed by atoms with Crippen LogP contribution in [0.15, 0.2) is 36.4 Å². The minimum absolute atomic E-state index is 0.0805. The lowest BCUT2D eigenvalue weighted by Gasteiger charge is -2.23. The molecule has 0 amide bonds. The van der Waals surface area contributed by atoms with Gasteiger partial charge in [0, 0.05) is 13.3 Å². The van der Waals surface area contributed by atoms with Crippen molar-refractivity contribution >= 4 is 41.8 Å². The quantitative estimate of drug-likeness (QED) is 0.0598. The number of aromatic hydroxyl groups is 4. The van der Waals surface area contributed by atoms with Gasteiger partial charge in [-0.05, 0) is 69.0 Å². The smallest absolute Gasteiger partial charge is 0.351 e. The number of hydrogen-bond donors (Lipinski definition) is 5. The van der Waals surface area contributed by atoms with Crippen LogP contribution >= 0.6 is 0 Å². The Morgan fingerprint density at radius 2 is 1.14 bits per heavy atom. The van der Waals surface area contributed by atoms with Crippen LogP contribution < -0.4 is 0 Å². The summed E-state index contributed by atoms with van der Waals surface area (Å²) in [6.45, 7) is 3.29. The van der Waals surface area contributed by atoms with Gasteiger partial charge in [0.05, 0.1) is 11.8 Å². The van der Waals surface area contributed by atoms with Crippen LogP contribution in [0.5, 0.6) is 23.0 Å². The summed E-state index contributed by atoms with van der Waals surface area (Å²) in [6.07, 6.45) is -5.72. The number of carbonyl (C=O) groups excluding carboxylic acids is 6. The van der Waals surface area contributed by atoms with Gasteiger partial charge in [-0.25, -0.2) is 14.4 Å². The maximum atomic E-state index is 13.2. The van der Waals surface area contributed by atoms with E-state index in [1.165, 1.54) is 57.4 Å². The van der Waals surface area contributed by atoms with Crippen molar-refractivity contribution in [2.75, 3.05) is 20.3 Å². The van der Waals surface area contributed by atoms with E-state index < -0.39 is 96.6 Å². The maximum Gasteiger partial charge on any atom is 0.351 e. The zero-order valence-electron chi connectivity index (χ0n) is 28.5. The predicted molar refractivity (Wildman–Crippen MR) is 173 cm³/mol. The average molecular weight is 720 g/mol. The molecule has 0 aromatic heterocycles. The van der Waals surface area contributed by atoms with E-state index in [0.717, 1.165) is 20.1 Å². The van der Waals surface area contributed by atoms with Crippen LogP contribution in [-0.2, 0) is 70.0 Å². The number of hydrogen-bond acceptors (Lipinski definition) is 17. The standard InChI is InChI=1S/C34H41NO16/c1-17(10-21-6-8-24(37)26(39)12-21)30(41)47-15-28(18(2)36)50-34(45)29(51-32(43)20(4)49-31(42)19(3)46-5)16-48-33(44)23(14-35)11-22-7-9-25(38)27(40)13-22/h6-9,12-14,17,19-20,23,28-29,35,37-40H,10-11,15-16H2,1-5H3/t17?,19-,20-,23?,28-,29-/m0/s1. The van der Waals surface area contributed by atoms with Crippen molar-refractivity contribution in [2.24, 2.45) is 11.8 Å². The number of ketones is 1. The molecule has 17 heteroatoms. The van der Waals surface area contributed by atoms with Crippen molar-refractivity contribution in [3.05, 3.63) is 47.5 Å². The normalized spacial score (nSPS) is 14.4. The molecule has 0 aliphatic rings. The Kier molecular flexibility index (Phi) is 15.8. The van der Waals surface area contributed by atoms with E-state index in [1.54, 1.807) is 0 Å². The predicted octanol–water partition coefficient (Wildman–Crippen LogP) is 1.66. The molecule has 0 bridgehead atoms. The topological polar surface area (TPSA) is 263 Å². The van der Waals surface area contributed by atoms with Gasteiger partial charge in [0.25, 0.3) is 0 Å². The summed E-state index contributed by atoms with van der Waals surface area (Å²) in [5, 5.41) is 46.1. The van der Waals surface area contributed by atoms with Gasteiger partial charge in [-0.1, -0.05) is 19.1 Å². The molecular weight excluding hydrogens is 678 g/mol. The van der Waals surface area contributed by atoms with Gasteiger partial charge in [-0.2, -0.15) is 0 Å². The van der Waals surface area contributed by atoms with Crippen LogP contribution in [-0.4, -0.2) is 107 Å². The first-order valence-corrected chi connectivity index (χ1v) is 15.5. The lowest BCUT2D eigenvalue weighted by atomic mass is 10.00. The third-order valence-electron chi connectivity index (χ3n) is 7.28. The number of carbonyl (C=O) groups is 6. The lowest BCUT2D eigenvalue weighted by molar-refractivity contribution is -0.188. The fraction of sp³-hybridized carbons (Fsp3) is 0.441. The fourth-order valence-corrected chi connectivity index (χ4v) is 4.11. The summed E-state index contributed by atoms with van der Waals surface area (Å²) in [5.41, 5.74) is 0.833. The first-order chi connectivity index (χ1) is 24.0. The van der Waals surface area contributed by atoms with Crippen LogP contribution in [0, 0.1) is 17.2 Å². The highest BCUT2D eigenvalue weighted by Crippen LogP contribution is 2.27. The fourth-order valence-electron chi connectivity index (χ4n) is 4.11. The van der Waals surface area contributed by atoms with Crippen molar-refractivity contribution in [2.45, 2.75) is 65.0 Å². The molecule has 17 nitrogen and oxygen atoms in total. The molecule has 5 N–H and O–H groups in total. The number of ether oxygens (including phenoxy) is 6. The minimum Gasteiger partial charge on any atom is -0.504 e. The first kappa shape index (κ1) is 41.5. The van der Waals surface area contributed by atoms with E-state index in [-0.39, 0.29) is 24.3 Å². The zero-order valence-corrected chi connectivity index (χ0v) is 28.5. The van der Waals surface area contributed by atoms with Gasteiger partial charge in [0.2, 0.25) is 6.10 Å². The molecule has 0 saturated carbocycles. The molecule has 0 aliphatic heterocycles. The SMILES string of the molecule is CO[C@@H](C)C(=O)O[C@@H](C)C(=O)O[C@@H](COC(=O)C(C=N)Cc1ccc(O)c(O)c1)C(=O)O[C@@H](COC(=O)C(C)Cc1ccc(O)c(O)c1)C(C)=O. The average Bonchev–Trinajstić information content (AvgIpc) is 3.09. The second kappa shape index (κ2) is 19.5. The maximum absolute atomic E-state index is 13.2. The molecule has 2 rings (SSSR count). The third kappa shape index (κ3) is 12.9. The van der Waals surface area contributed by atoms with Crippen LogP contribution in [0.25, 0.3) is 0 Å². The molecular formula is C34H41NO16. The lowest BCUT2D eigenvalue weighted by Crippen LogP contribution is -2.42. The van der Waals surface area contributed by atoms with E-state index >= 15 is 0 Å². The Hall–Kier alpha value is -5.71. The molecule has 0 aliphatic carbocycles. The van der Waals surface area contributed by atoms with E-state index in [2.05, 4.69) is 0 Å². The Morgan fingerprint density at radius 3 is 1.65 bits per heavy atom. The van der Waals surface area contributed by atoms with Crippen LogP contribution in [0.2, 0.25) is 0 Å².